The van der Waals surface area contributed by atoms with Gasteiger partial charge < -0.3 is 9.80 Å². The Bertz CT molecular complexity index is 413. The highest BCUT2D eigenvalue weighted by Gasteiger charge is 2.27. The Morgan fingerprint density at radius 2 is 1.64 bits per heavy atom. The molecule has 5 nitrogen and oxygen atoms in total. The van der Waals surface area contributed by atoms with Crippen LogP contribution >= 0.6 is 0 Å². The fourth-order valence-corrected chi connectivity index (χ4v) is 5.25. The van der Waals surface area contributed by atoms with Crippen LogP contribution in [0.15, 0.2) is 0 Å². The van der Waals surface area contributed by atoms with Gasteiger partial charge in [-0.05, 0) is 25.3 Å². The molecule has 0 aromatic heterocycles. The van der Waals surface area contributed by atoms with Gasteiger partial charge in [0.15, 0.2) is 0 Å². The van der Waals surface area contributed by atoms with Crippen molar-refractivity contribution < 1.29 is 8.42 Å². The third-order valence-corrected chi connectivity index (χ3v) is 7.02. The highest BCUT2D eigenvalue weighted by molar-refractivity contribution is 7.90. The number of rotatable bonds is 7. The van der Waals surface area contributed by atoms with Gasteiger partial charge in [-0.3, -0.25) is 0 Å². The summed E-state index contributed by atoms with van der Waals surface area (Å²) in [4.78, 5) is 4.93. The molecule has 1 saturated heterocycles. The van der Waals surface area contributed by atoms with Gasteiger partial charge in [-0.25, -0.2) is 13.1 Å². The van der Waals surface area contributed by atoms with E-state index >= 15 is 0 Å². The van der Waals surface area contributed by atoms with Gasteiger partial charge in [0.2, 0.25) is 10.0 Å². The van der Waals surface area contributed by atoms with E-state index in [0.29, 0.717) is 12.5 Å². The topological polar surface area (TPSA) is 52.6 Å². The van der Waals surface area contributed by atoms with Crippen LogP contribution in [0.2, 0.25) is 0 Å². The molecule has 0 unspecified atom stereocenters. The number of hydrogen-bond donors (Lipinski definition) is 1. The van der Waals surface area contributed by atoms with E-state index in [1.165, 1.54) is 6.42 Å². The van der Waals surface area contributed by atoms with Crippen LogP contribution in [0.3, 0.4) is 0 Å². The van der Waals surface area contributed by atoms with E-state index in [1.54, 1.807) is 0 Å². The Morgan fingerprint density at radius 3 is 2.23 bits per heavy atom. The molecule has 1 N–H and O–H groups in total. The summed E-state index contributed by atoms with van der Waals surface area (Å²) in [6.45, 7) is 11.5. The van der Waals surface area contributed by atoms with Crippen molar-refractivity contribution in [1.82, 2.24) is 14.5 Å². The summed E-state index contributed by atoms with van der Waals surface area (Å²) in [6, 6.07) is 0. The van der Waals surface area contributed by atoms with Crippen molar-refractivity contribution in [1.29, 1.82) is 0 Å². The van der Waals surface area contributed by atoms with Crippen molar-refractivity contribution in [2.24, 2.45) is 5.92 Å². The summed E-state index contributed by atoms with van der Waals surface area (Å²) in [7, 11) is -3.11. The molecule has 0 spiro atoms. The Labute approximate surface area is 136 Å². The summed E-state index contributed by atoms with van der Waals surface area (Å²) < 4.78 is 27.5. The van der Waals surface area contributed by atoms with E-state index < -0.39 is 10.0 Å². The van der Waals surface area contributed by atoms with Crippen molar-refractivity contribution in [2.45, 2.75) is 51.2 Å². The summed E-state index contributed by atoms with van der Waals surface area (Å²) in [6.07, 6.45) is 4.98. The standard InChI is InChI=1S/C16H33N3O2S/c1-3-18-9-11-19(12-10-18)14-15(2)13-17-22(20,21)16-7-5-4-6-8-16/h15-17H,3-14H2,1-2H3/t15-/m0/s1. The summed E-state index contributed by atoms with van der Waals surface area (Å²) in [5.41, 5.74) is 0. The lowest BCUT2D eigenvalue weighted by Crippen LogP contribution is -2.48. The molecule has 22 heavy (non-hydrogen) atoms. The molecular formula is C16H33N3O2S. The molecule has 6 heteroatoms. The summed E-state index contributed by atoms with van der Waals surface area (Å²) >= 11 is 0. The minimum Gasteiger partial charge on any atom is -0.301 e. The molecule has 0 amide bonds. The van der Waals surface area contributed by atoms with Gasteiger partial charge >= 0.3 is 0 Å². The molecule has 0 radical (unpaired) electrons. The van der Waals surface area contributed by atoms with Crippen LogP contribution in [0.4, 0.5) is 0 Å². The molecule has 130 valence electrons. The minimum absolute atomic E-state index is 0.151. The highest BCUT2D eigenvalue weighted by Crippen LogP contribution is 2.23. The van der Waals surface area contributed by atoms with Crippen molar-refractivity contribution in [2.75, 3.05) is 45.8 Å². The molecule has 0 aromatic rings. The van der Waals surface area contributed by atoms with Crippen LogP contribution < -0.4 is 4.72 Å². The summed E-state index contributed by atoms with van der Waals surface area (Å²) in [5, 5.41) is -0.151. The first-order chi connectivity index (χ1) is 10.5. The average molecular weight is 332 g/mol. The van der Waals surface area contributed by atoms with Crippen LogP contribution in [0.25, 0.3) is 0 Å². The van der Waals surface area contributed by atoms with E-state index in [4.69, 9.17) is 0 Å². The molecule has 2 fully saturated rings. The first-order valence-corrected chi connectivity index (χ1v) is 10.5. The van der Waals surface area contributed by atoms with Crippen molar-refractivity contribution in [3.05, 3.63) is 0 Å². The maximum atomic E-state index is 12.3. The molecule has 2 rings (SSSR count). The van der Waals surface area contributed by atoms with Gasteiger partial charge in [0, 0.05) is 39.3 Å². The second kappa shape index (κ2) is 8.62. The monoisotopic (exact) mass is 331 g/mol. The van der Waals surface area contributed by atoms with Crippen LogP contribution in [0, 0.1) is 5.92 Å². The molecule has 1 aliphatic heterocycles. The maximum absolute atomic E-state index is 12.3. The molecule has 1 aliphatic carbocycles. The van der Waals surface area contributed by atoms with E-state index in [0.717, 1.165) is 65.0 Å². The van der Waals surface area contributed by atoms with Gasteiger partial charge in [0.25, 0.3) is 0 Å². The molecule has 0 bridgehead atoms. The van der Waals surface area contributed by atoms with Crippen molar-refractivity contribution in [3.63, 3.8) is 0 Å². The lowest BCUT2D eigenvalue weighted by molar-refractivity contribution is 0.125. The smallest absolute Gasteiger partial charge is 0.214 e. The van der Waals surface area contributed by atoms with Crippen LogP contribution in [0.1, 0.15) is 46.0 Å². The average Bonchev–Trinajstić information content (AvgIpc) is 2.55. The molecule has 0 aromatic carbocycles. The molecular weight excluding hydrogens is 298 g/mol. The Hall–Kier alpha value is -0.170. The number of likely N-dealkylation sites (N-methyl/N-ethyl adjacent to an activating group) is 1. The second-order valence-corrected chi connectivity index (χ2v) is 9.04. The lowest BCUT2D eigenvalue weighted by atomic mass is 10.0. The third-order valence-electron chi connectivity index (χ3n) is 5.11. The first kappa shape index (κ1) is 18.2. The number of piperazine rings is 1. The third kappa shape index (κ3) is 5.48. The number of hydrogen-bond acceptors (Lipinski definition) is 4. The van der Waals surface area contributed by atoms with Crippen molar-refractivity contribution >= 4 is 10.0 Å². The van der Waals surface area contributed by atoms with Crippen LogP contribution in [-0.4, -0.2) is 69.3 Å². The van der Waals surface area contributed by atoms with Crippen LogP contribution in [0.5, 0.6) is 0 Å². The van der Waals surface area contributed by atoms with Gasteiger partial charge in [0.1, 0.15) is 0 Å². The largest absolute Gasteiger partial charge is 0.301 e. The van der Waals surface area contributed by atoms with E-state index in [1.807, 2.05) is 0 Å². The Morgan fingerprint density at radius 1 is 1.05 bits per heavy atom. The quantitative estimate of drug-likeness (QED) is 0.768. The van der Waals surface area contributed by atoms with Gasteiger partial charge in [-0.15, -0.1) is 0 Å². The molecule has 2 aliphatic rings. The normalized spacial score (nSPS) is 24.5. The zero-order valence-electron chi connectivity index (χ0n) is 14.3. The van der Waals surface area contributed by atoms with E-state index in [2.05, 4.69) is 28.4 Å². The fourth-order valence-electron chi connectivity index (χ4n) is 3.55. The lowest BCUT2D eigenvalue weighted by Gasteiger charge is -2.35. The van der Waals surface area contributed by atoms with Gasteiger partial charge in [-0.1, -0.05) is 33.1 Å². The predicted molar refractivity (Wildman–Crippen MR) is 91.5 cm³/mol. The SMILES string of the molecule is CCN1CCN(C[C@@H](C)CNS(=O)(=O)C2CCCCC2)CC1. The second-order valence-electron chi connectivity index (χ2n) is 6.99. The Balaban J connectivity index is 1.69. The zero-order chi connectivity index (χ0) is 16.0. The molecule has 1 atom stereocenters. The van der Waals surface area contributed by atoms with Crippen molar-refractivity contribution in [3.8, 4) is 0 Å². The number of nitrogens with zero attached hydrogens (tertiary/aromatic N) is 2. The molecule has 1 saturated carbocycles. The van der Waals surface area contributed by atoms with Crippen LogP contribution in [-0.2, 0) is 10.0 Å². The predicted octanol–water partition coefficient (Wildman–Crippen LogP) is 1.51. The highest BCUT2D eigenvalue weighted by atomic mass is 32.2. The first-order valence-electron chi connectivity index (χ1n) is 8.94. The number of sulfonamides is 1. The van der Waals surface area contributed by atoms with Gasteiger partial charge in [0.05, 0.1) is 5.25 Å². The summed E-state index contributed by atoms with van der Waals surface area (Å²) in [5.74, 6) is 0.367. The number of nitrogens with one attached hydrogen (secondary N) is 1. The van der Waals surface area contributed by atoms with E-state index in [-0.39, 0.29) is 5.25 Å². The Kier molecular flexibility index (Phi) is 7.12. The maximum Gasteiger partial charge on any atom is 0.214 e. The minimum atomic E-state index is -3.11. The van der Waals surface area contributed by atoms with E-state index in [9.17, 15) is 8.42 Å². The fraction of sp³-hybridized carbons (Fsp3) is 1.00. The molecule has 1 heterocycles. The van der Waals surface area contributed by atoms with Gasteiger partial charge in [-0.2, -0.15) is 0 Å². The zero-order valence-corrected chi connectivity index (χ0v) is 15.1.